The molecule has 8 heteroatoms. The molecule has 136 valence electrons. The molecule has 0 saturated heterocycles. The van der Waals surface area contributed by atoms with Gasteiger partial charge in [-0.3, -0.25) is 4.79 Å². The lowest BCUT2D eigenvalue weighted by molar-refractivity contribution is -0.134. The molecule has 2 atom stereocenters. The third-order valence-electron chi connectivity index (χ3n) is 4.13. The largest absolute Gasteiger partial charge is 0.493 e. The highest BCUT2D eigenvalue weighted by molar-refractivity contribution is 5.85. The molecule has 2 unspecified atom stereocenters. The second kappa shape index (κ2) is 9.03. The van der Waals surface area contributed by atoms with Crippen LogP contribution in [-0.4, -0.2) is 37.6 Å². The van der Waals surface area contributed by atoms with Gasteiger partial charge in [0.25, 0.3) is 0 Å². The third kappa shape index (κ3) is 4.95. The molecule has 0 aromatic heterocycles. The molecule has 5 nitrogen and oxygen atoms in total. The molecule has 1 saturated carbocycles. The van der Waals surface area contributed by atoms with Crippen LogP contribution in [0.5, 0.6) is 11.5 Å². The van der Waals surface area contributed by atoms with Gasteiger partial charge in [0.1, 0.15) is 0 Å². The maximum atomic E-state index is 12.5. The van der Waals surface area contributed by atoms with E-state index in [1.54, 1.807) is 24.1 Å². The summed E-state index contributed by atoms with van der Waals surface area (Å²) in [4.78, 5) is 14.0. The molecular weight excluding hydrogens is 342 g/mol. The Morgan fingerprint density at radius 1 is 1.38 bits per heavy atom. The maximum absolute atomic E-state index is 12.5. The van der Waals surface area contributed by atoms with Crippen molar-refractivity contribution >= 4 is 18.3 Å². The lowest BCUT2D eigenvalue weighted by Gasteiger charge is -2.24. The number of rotatable bonds is 6. The van der Waals surface area contributed by atoms with Crippen molar-refractivity contribution < 1.29 is 23.0 Å². The summed E-state index contributed by atoms with van der Waals surface area (Å²) in [7, 11) is 3.07. The molecule has 1 aliphatic carbocycles. The summed E-state index contributed by atoms with van der Waals surface area (Å²) in [6.45, 7) is -2.64. The smallest absolute Gasteiger partial charge is 0.387 e. The first-order chi connectivity index (χ1) is 10.9. The van der Waals surface area contributed by atoms with Gasteiger partial charge in [-0.25, -0.2) is 0 Å². The zero-order valence-electron chi connectivity index (χ0n) is 13.7. The maximum Gasteiger partial charge on any atom is 0.387 e. The Morgan fingerprint density at radius 2 is 2.08 bits per heavy atom. The van der Waals surface area contributed by atoms with Crippen molar-refractivity contribution in [3.63, 3.8) is 0 Å². The fraction of sp³-hybridized carbons (Fsp3) is 0.562. The number of methoxy groups -OCH3 is 1. The van der Waals surface area contributed by atoms with E-state index in [1.807, 2.05) is 0 Å². The van der Waals surface area contributed by atoms with Crippen LogP contribution in [0.3, 0.4) is 0 Å². The highest BCUT2D eigenvalue weighted by Gasteiger charge is 2.32. The second-order valence-electron chi connectivity index (χ2n) is 5.76. The Morgan fingerprint density at radius 3 is 2.62 bits per heavy atom. The van der Waals surface area contributed by atoms with Gasteiger partial charge < -0.3 is 20.1 Å². The molecule has 1 fully saturated rings. The van der Waals surface area contributed by atoms with Gasteiger partial charge in [-0.2, -0.15) is 8.78 Å². The van der Waals surface area contributed by atoms with E-state index >= 15 is 0 Å². The quantitative estimate of drug-likeness (QED) is 0.843. The van der Waals surface area contributed by atoms with Crippen LogP contribution in [0.4, 0.5) is 8.78 Å². The number of nitrogens with zero attached hydrogens (tertiary/aromatic N) is 1. The predicted molar refractivity (Wildman–Crippen MR) is 88.7 cm³/mol. The van der Waals surface area contributed by atoms with Gasteiger partial charge in [-0.1, -0.05) is 12.5 Å². The summed E-state index contributed by atoms with van der Waals surface area (Å²) in [6.07, 6.45) is 2.62. The van der Waals surface area contributed by atoms with Gasteiger partial charge in [0.2, 0.25) is 5.91 Å². The standard InChI is InChI=1S/C16H22F2N2O3.ClH/c1-20(15(21)11-4-3-5-12(11)19)9-10-6-7-13(22-2)14(8-10)23-16(17)18;/h6-8,11-12,16H,3-5,9,19H2,1-2H3;1H. The zero-order chi connectivity index (χ0) is 17.0. The van der Waals surface area contributed by atoms with E-state index < -0.39 is 6.61 Å². The number of hydrogen-bond acceptors (Lipinski definition) is 4. The molecule has 2 N–H and O–H groups in total. The van der Waals surface area contributed by atoms with Gasteiger partial charge in [0, 0.05) is 19.6 Å². The molecule has 0 spiro atoms. The molecule has 1 amide bonds. The first kappa shape index (κ1) is 20.4. The van der Waals surface area contributed by atoms with Crippen LogP contribution in [0.15, 0.2) is 18.2 Å². The number of hydrogen-bond donors (Lipinski definition) is 1. The summed E-state index contributed by atoms with van der Waals surface area (Å²) in [5.41, 5.74) is 6.64. The van der Waals surface area contributed by atoms with E-state index in [9.17, 15) is 13.6 Å². The van der Waals surface area contributed by atoms with Crippen LogP contribution >= 0.6 is 12.4 Å². The summed E-state index contributed by atoms with van der Waals surface area (Å²) in [5.74, 6) is 0.0106. The lowest BCUT2D eigenvalue weighted by atomic mass is 10.0. The van der Waals surface area contributed by atoms with E-state index in [0.29, 0.717) is 12.1 Å². The van der Waals surface area contributed by atoms with Crippen LogP contribution in [0, 0.1) is 5.92 Å². The third-order valence-corrected chi connectivity index (χ3v) is 4.13. The molecule has 0 radical (unpaired) electrons. The Kier molecular flexibility index (Phi) is 7.69. The molecular formula is C16H23ClF2N2O3. The Hall–Kier alpha value is -1.60. The van der Waals surface area contributed by atoms with Crippen molar-refractivity contribution in [2.75, 3.05) is 14.2 Å². The van der Waals surface area contributed by atoms with Crippen LogP contribution < -0.4 is 15.2 Å². The van der Waals surface area contributed by atoms with Gasteiger partial charge in [-0.15, -0.1) is 12.4 Å². The minimum Gasteiger partial charge on any atom is -0.493 e. The van der Waals surface area contributed by atoms with E-state index in [0.717, 1.165) is 19.3 Å². The normalized spacial score (nSPS) is 19.8. The number of amides is 1. The summed E-state index contributed by atoms with van der Waals surface area (Å²) < 4.78 is 34.3. The van der Waals surface area contributed by atoms with E-state index in [4.69, 9.17) is 10.5 Å². The van der Waals surface area contributed by atoms with E-state index in [1.165, 1.54) is 13.2 Å². The number of ether oxygens (including phenoxy) is 2. The SMILES string of the molecule is COc1ccc(CN(C)C(=O)C2CCCC2N)cc1OC(F)F.Cl. The van der Waals surface area contributed by atoms with Crippen molar-refractivity contribution in [2.24, 2.45) is 11.7 Å². The van der Waals surface area contributed by atoms with Crippen molar-refractivity contribution in [2.45, 2.75) is 38.5 Å². The number of carbonyl (C=O) groups is 1. The van der Waals surface area contributed by atoms with Gasteiger partial charge in [-0.05, 0) is 30.5 Å². The lowest BCUT2D eigenvalue weighted by Crippen LogP contribution is -2.39. The van der Waals surface area contributed by atoms with Gasteiger partial charge in [0.15, 0.2) is 11.5 Å². The van der Waals surface area contributed by atoms with Gasteiger partial charge in [0.05, 0.1) is 13.0 Å². The highest BCUT2D eigenvalue weighted by atomic mass is 35.5. The van der Waals surface area contributed by atoms with Crippen LogP contribution in [0.25, 0.3) is 0 Å². The number of nitrogens with two attached hydrogens (primary N) is 1. The first-order valence-corrected chi connectivity index (χ1v) is 7.54. The molecule has 0 aliphatic heterocycles. The van der Waals surface area contributed by atoms with Crippen molar-refractivity contribution in [1.29, 1.82) is 0 Å². The minimum absolute atomic E-state index is 0. The minimum atomic E-state index is -2.94. The van der Waals surface area contributed by atoms with Crippen LogP contribution in [-0.2, 0) is 11.3 Å². The Balaban J connectivity index is 0.00000288. The highest BCUT2D eigenvalue weighted by Crippen LogP contribution is 2.30. The monoisotopic (exact) mass is 364 g/mol. The average Bonchev–Trinajstić information content (AvgIpc) is 2.92. The van der Waals surface area contributed by atoms with Crippen LogP contribution in [0.1, 0.15) is 24.8 Å². The average molecular weight is 365 g/mol. The first-order valence-electron chi connectivity index (χ1n) is 7.54. The Bertz CT molecular complexity index is 560. The molecule has 2 rings (SSSR count). The summed E-state index contributed by atoms with van der Waals surface area (Å²) >= 11 is 0. The summed E-state index contributed by atoms with van der Waals surface area (Å²) in [5, 5.41) is 0. The molecule has 1 aromatic carbocycles. The van der Waals surface area contributed by atoms with E-state index in [2.05, 4.69) is 4.74 Å². The topological polar surface area (TPSA) is 64.8 Å². The Labute approximate surface area is 146 Å². The predicted octanol–water partition coefficient (Wildman–Crippen LogP) is 2.80. The number of alkyl halides is 2. The van der Waals surface area contributed by atoms with E-state index in [-0.39, 0.29) is 41.8 Å². The molecule has 0 bridgehead atoms. The molecule has 1 aromatic rings. The second-order valence-corrected chi connectivity index (χ2v) is 5.76. The summed E-state index contributed by atoms with van der Waals surface area (Å²) in [6, 6.07) is 4.63. The van der Waals surface area contributed by atoms with Crippen LogP contribution in [0.2, 0.25) is 0 Å². The number of halogens is 3. The van der Waals surface area contributed by atoms with Crippen molar-refractivity contribution in [1.82, 2.24) is 4.90 Å². The fourth-order valence-corrected chi connectivity index (χ4v) is 2.94. The molecule has 24 heavy (non-hydrogen) atoms. The van der Waals surface area contributed by atoms with Crippen molar-refractivity contribution in [3.05, 3.63) is 23.8 Å². The van der Waals surface area contributed by atoms with Gasteiger partial charge >= 0.3 is 6.61 Å². The van der Waals surface area contributed by atoms with Crippen molar-refractivity contribution in [3.8, 4) is 11.5 Å². The fourth-order valence-electron chi connectivity index (χ4n) is 2.94. The number of carbonyl (C=O) groups excluding carboxylic acids is 1. The number of benzene rings is 1. The zero-order valence-corrected chi connectivity index (χ0v) is 14.5. The molecule has 1 aliphatic rings. The molecule has 0 heterocycles.